The van der Waals surface area contributed by atoms with Gasteiger partial charge in [-0.05, 0) is 18.6 Å². The minimum absolute atomic E-state index is 0.0421. The summed E-state index contributed by atoms with van der Waals surface area (Å²) in [6.45, 7) is 6.05. The molecular formula is C15H18F2N4S. The van der Waals surface area contributed by atoms with E-state index in [2.05, 4.69) is 19.8 Å². The quantitative estimate of drug-likeness (QED) is 0.865. The predicted octanol–water partition coefficient (Wildman–Crippen LogP) is 3.11. The number of hydrogen-bond acceptors (Lipinski definition) is 5. The molecule has 0 amide bonds. The van der Waals surface area contributed by atoms with Gasteiger partial charge in [-0.15, -0.1) is 11.3 Å². The second kappa shape index (κ2) is 6.66. The van der Waals surface area contributed by atoms with Gasteiger partial charge in [0.1, 0.15) is 0 Å². The lowest BCUT2D eigenvalue weighted by Gasteiger charge is -2.34. The first-order valence-corrected chi connectivity index (χ1v) is 8.06. The van der Waals surface area contributed by atoms with Gasteiger partial charge in [-0.1, -0.05) is 0 Å². The van der Waals surface area contributed by atoms with E-state index in [0.29, 0.717) is 12.1 Å². The Balaban J connectivity index is 1.60. The molecule has 0 unspecified atom stereocenters. The Morgan fingerprint density at radius 1 is 1.23 bits per heavy atom. The molecule has 0 N–H and O–H groups in total. The Morgan fingerprint density at radius 2 is 2.00 bits per heavy atom. The molecule has 7 heteroatoms. The molecule has 0 aromatic carbocycles. The molecule has 4 nitrogen and oxygen atoms in total. The lowest BCUT2D eigenvalue weighted by molar-refractivity contribution is 0.147. The standard InChI is InChI=1S/C15H18F2N4S/c1-11-8-19-15(22-11)21-6-4-20(5-7-21)10-12-2-3-18-9-13(12)14(16)17/h2-3,8-9,14H,4-7,10H2,1H3. The van der Waals surface area contributed by atoms with E-state index in [1.54, 1.807) is 23.6 Å². The lowest BCUT2D eigenvalue weighted by Crippen LogP contribution is -2.46. The highest BCUT2D eigenvalue weighted by atomic mass is 32.1. The fourth-order valence-electron chi connectivity index (χ4n) is 2.60. The Kier molecular flexibility index (Phi) is 4.63. The number of aromatic nitrogens is 2. The van der Waals surface area contributed by atoms with E-state index in [0.717, 1.165) is 31.3 Å². The van der Waals surface area contributed by atoms with Crippen LogP contribution in [0.5, 0.6) is 0 Å². The first kappa shape index (κ1) is 15.3. The molecule has 0 saturated carbocycles. The van der Waals surface area contributed by atoms with E-state index in [1.807, 2.05) is 13.1 Å². The first-order valence-electron chi connectivity index (χ1n) is 7.24. The molecule has 3 heterocycles. The zero-order valence-corrected chi connectivity index (χ0v) is 13.2. The average molecular weight is 324 g/mol. The van der Waals surface area contributed by atoms with Crippen molar-refractivity contribution in [2.75, 3.05) is 31.1 Å². The molecule has 3 rings (SSSR count). The highest BCUT2D eigenvalue weighted by Crippen LogP contribution is 2.25. The van der Waals surface area contributed by atoms with E-state index in [1.165, 1.54) is 11.1 Å². The van der Waals surface area contributed by atoms with Crippen LogP contribution in [0, 0.1) is 6.92 Å². The Bertz CT molecular complexity index is 624. The van der Waals surface area contributed by atoms with E-state index in [9.17, 15) is 8.78 Å². The first-order chi connectivity index (χ1) is 10.6. The molecule has 1 saturated heterocycles. The summed E-state index contributed by atoms with van der Waals surface area (Å²) in [6, 6.07) is 1.69. The highest BCUT2D eigenvalue weighted by Gasteiger charge is 2.21. The van der Waals surface area contributed by atoms with Crippen LogP contribution in [0.15, 0.2) is 24.7 Å². The molecule has 118 valence electrons. The van der Waals surface area contributed by atoms with Gasteiger partial charge in [-0.2, -0.15) is 0 Å². The molecule has 1 aliphatic heterocycles. The van der Waals surface area contributed by atoms with Crippen molar-refractivity contribution in [2.45, 2.75) is 19.9 Å². The van der Waals surface area contributed by atoms with E-state index >= 15 is 0 Å². The number of piperazine rings is 1. The van der Waals surface area contributed by atoms with Crippen molar-refractivity contribution in [3.63, 3.8) is 0 Å². The number of nitrogens with zero attached hydrogens (tertiary/aromatic N) is 4. The van der Waals surface area contributed by atoms with Crippen LogP contribution in [0.4, 0.5) is 13.9 Å². The molecule has 1 fully saturated rings. The van der Waals surface area contributed by atoms with Gasteiger partial charge < -0.3 is 4.90 Å². The van der Waals surface area contributed by atoms with Crippen molar-refractivity contribution in [3.05, 3.63) is 40.7 Å². The summed E-state index contributed by atoms with van der Waals surface area (Å²) in [6.07, 6.45) is 2.27. The van der Waals surface area contributed by atoms with Gasteiger partial charge in [0.25, 0.3) is 6.43 Å². The summed E-state index contributed by atoms with van der Waals surface area (Å²) in [5.74, 6) is 0. The Morgan fingerprint density at radius 3 is 2.64 bits per heavy atom. The van der Waals surface area contributed by atoms with Gasteiger partial charge >= 0.3 is 0 Å². The minimum Gasteiger partial charge on any atom is -0.346 e. The molecule has 1 aliphatic rings. The summed E-state index contributed by atoms with van der Waals surface area (Å²) in [5, 5.41) is 1.05. The molecule has 0 bridgehead atoms. The highest BCUT2D eigenvalue weighted by molar-refractivity contribution is 7.15. The van der Waals surface area contributed by atoms with Crippen LogP contribution in [0.25, 0.3) is 0 Å². The van der Waals surface area contributed by atoms with Crippen LogP contribution in [0.2, 0.25) is 0 Å². The molecule has 0 aliphatic carbocycles. The maximum atomic E-state index is 13.0. The van der Waals surface area contributed by atoms with E-state index < -0.39 is 6.43 Å². The van der Waals surface area contributed by atoms with Crippen molar-refractivity contribution < 1.29 is 8.78 Å². The lowest BCUT2D eigenvalue weighted by atomic mass is 10.1. The van der Waals surface area contributed by atoms with Crippen LogP contribution >= 0.6 is 11.3 Å². The van der Waals surface area contributed by atoms with Crippen LogP contribution in [0.1, 0.15) is 22.4 Å². The van der Waals surface area contributed by atoms with Gasteiger partial charge in [0.15, 0.2) is 5.13 Å². The average Bonchev–Trinajstić information content (AvgIpc) is 2.95. The monoisotopic (exact) mass is 324 g/mol. The zero-order chi connectivity index (χ0) is 15.5. The number of hydrogen-bond donors (Lipinski definition) is 0. The van der Waals surface area contributed by atoms with Crippen molar-refractivity contribution >= 4 is 16.5 Å². The van der Waals surface area contributed by atoms with Crippen LogP contribution in [-0.4, -0.2) is 41.0 Å². The van der Waals surface area contributed by atoms with Crippen molar-refractivity contribution in [1.29, 1.82) is 0 Å². The number of pyridine rings is 1. The second-order valence-electron chi connectivity index (χ2n) is 5.39. The molecule has 0 atom stereocenters. The number of aryl methyl sites for hydroxylation is 1. The van der Waals surface area contributed by atoms with Crippen molar-refractivity contribution in [2.24, 2.45) is 0 Å². The van der Waals surface area contributed by atoms with Crippen molar-refractivity contribution in [3.8, 4) is 0 Å². The van der Waals surface area contributed by atoms with Crippen LogP contribution < -0.4 is 4.90 Å². The molecule has 0 spiro atoms. The smallest absolute Gasteiger partial charge is 0.265 e. The number of anilines is 1. The predicted molar refractivity (Wildman–Crippen MR) is 83.5 cm³/mol. The minimum atomic E-state index is -2.47. The summed E-state index contributed by atoms with van der Waals surface area (Å²) in [4.78, 5) is 13.9. The van der Waals surface area contributed by atoms with Gasteiger partial charge in [-0.3, -0.25) is 9.88 Å². The fourth-order valence-corrected chi connectivity index (χ4v) is 3.41. The SMILES string of the molecule is Cc1cnc(N2CCN(Cc3ccncc3C(F)F)CC2)s1. The number of alkyl halides is 2. The Labute approximate surface area is 132 Å². The molecular weight excluding hydrogens is 306 g/mol. The van der Waals surface area contributed by atoms with Gasteiger partial charge in [0.2, 0.25) is 0 Å². The Hall–Kier alpha value is -1.60. The second-order valence-corrected chi connectivity index (χ2v) is 6.61. The summed E-state index contributed by atoms with van der Waals surface area (Å²) in [7, 11) is 0. The maximum Gasteiger partial charge on any atom is 0.265 e. The third kappa shape index (κ3) is 3.41. The maximum absolute atomic E-state index is 13.0. The summed E-state index contributed by atoms with van der Waals surface area (Å²) >= 11 is 1.69. The summed E-state index contributed by atoms with van der Waals surface area (Å²) in [5.41, 5.74) is 0.712. The zero-order valence-electron chi connectivity index (χ0n) is 12.4. The summed E-state index contributed by atoms with van der Waals surface area (Å²) < 4.78 is 26.0. The number of halogens is 2. The third-order valence-electron chi connectivity index (χ3n) is 3.83. The van der Waals surface area contributed by atoms with Crippen LogP contribution in [0.3, 0.4) is 0 Å². The van der Waals surface area contributed by atoms with E-state index in [4.69, 9.17) is 0 Å². The normalized spacial score (nSPS) is 16.5. The van der Waals surface area contributed by atoms with Crippen LogP contribution in [-0.2, 0) is 6.54 Å². The van der Waals surface area contributed by atoms with Gasteiger partial charge in [0, 0.05) is 61.8 Å². The van der Waals surface area contributed by atoms with Gasteiger partial charge in [-0.25, -0.2) is 13.8 Å². The molecule has 2 aromatic rings. The molecule has 2 aromatic heterocycles. The third-order valence-corrected chi connectivity index (χ3v) is 4.80. The topological polar surface area (TPSA) is 32.3 Å². The van der Waals surface area contributed by atoms with Crippen molar-refractivity contribution in [1.82, 2.24) is 14.9 Å². The van der Waals surface area contributed by atoms with E-state index in [-0.39, 0.29) is 5.56 Å². The van der Waals surface area contributed by atoms with Gasteiger partial charge in [0.05, 0.1) is 0 Å². The number of thiazole rings is 1. The molecule has 22 heavy (non-hydrogen) atoms. The largest absolute Gasteiger partial charge is 0.346 e. The fraction of sp³-hybridized carbons (Fsp3) is 0.467. The number of rotatable bonds is 4. The molecule has 0 radical (unpaired) electrons.